The number of ether oxygens (including phenoxy) is 1. The molecule has 3 aliphatic rings. The summed E-state index contributed by atoms with van der Waals surface area (Å²) in [5, 5.41) is 5.01. The van der Waals surface area contributed by atoms with Crippen LogP contribution >= 0.6 is 0 Å². The Morgan fingerprint density at radius 2 is 1.79 bits per heavy atom. The van der Waals surface area contributed by atoms with Gasteiger partial charge in [0.05, 0.1) is 30.5 Å². The van der Waals surface area contributed by atoms with Gasteiger partial charge in [0.15, 0.2) is 0 Å². The van der Waals surface area contributed by atoms with E-state index >= 15 is 0 Å². The van der Waals surface area contributed by atoms with E-state index in [1.165, 1.54) is 0 Å². The molecule has 28 heavy (non-hydrogen) atoms. The summed E-state index contributed by atoms with van der Waals surface area (Å²) in [5.41, 5.74) is 0.195. The molecule has 0 aromatic heterocycles. The lowest BCUT2D eigenvalue weighted by atomic mass is 9.94. The van der Waals surface area contributed by atoms with Crippen molar-refractivity contribution in [1.82, 2.24) is 20.4 Å². The molecule has 3 rings (SSSR count). The minimum Gasteiger partial charge on any atom is -0.463 e. The van der Waals surface area contributed by atoms with Crippen LogP contribution in [0.2, 0.25) is 0 Å². The monoisotopic (exact) mass is 392 g/mol. The molecule has 0 aromatic carbocycles. The molecular weight excluding hydrogens is 368 g/mol. The molecule has 10 nitrogen and oxygen atoms in total. The molecule has 0 radical (unpaired) electrons. The van der Waals surface area contributed by atoms with Gasteiger partial charge in [-0.3, -0.25) is 14.5 Å². The van der Waals surface area contributed by atoms with E-state index in [0.717, 1.165) is 29.1 Å². The van der Waals surface area contributed by atoms with Gasteiger partial charge in [0.2, 0.25) is 0 Å². The summed E-state index contributed by atoms with van der Waals surface area (Å²) >= 11 is 0. The first-order valence-corrected chi connectivity index (χ1v) is 9.51. The molecule has 0 aromatic rings. The molecule has 1 atom stereocenters. The summed E-state index contributed by atoms with van der Waals surface area (Å²) in [6, 6.07) is -2.23. The second-order valence-corrected chi connectivity index (χ2v) is 7.07. The smallest absolute Gasteiger partial charge is 0.337 e. The number of esters is 1. The zero-order valence-corrected chi connectivity index (χ0v) is 15.9. The maximum atomic E-state index is 12.8. The van der Waals surface area contributed by atoms with Crippen LogP contribution in [0.5, 0.6) is 0 Å². The van der Waals surface area contributed by atoms with Crippen LogP contribution in [0, 0.1) is 0 Å². The van der Waals surface area contributed by atoms with Crippen LogP contribution in [-0.4, -0.2) is 64.9 Å². The number of urea groups is 2. The molecule has 1 saturated heterocycles. The van der Waals surface area contributed by atoms with Crippen molar-refractivity contribution >= 4 is 29.8 Å². The number of amides is 6. The van der Waals surface area contributed by atoms with Gasteiger partial charge in [-0.25, -0.2) is 19.3 Å². The number of carbonyl (C=O) groups excluding carboxylic acids is 5. The number of rotatable bonds is 5. The average Bonchev–Trinajstić information content (AvgIpc) is 2.85. The normalized spacial score (nSPS) is 23.9. The average molecular weight is 392 g/mol. The van der Waals surface area contributed by atoms with E-state index in [9.17, 15) is 24.0 Å². The van der Waals surface area contributed by atoms with E-state index in [2.05, 4.69) is 10.6 Å². The number of carbonyl (C=O) groups is 5. The maximum Gasteiger partial charge on any atom is 0.337 e. The lowest BCUT2D eigenvalue weighted by molar-refractivity contribution is -0.144. The molecule has 0 bridgehead atoms. The second kappa shape index (κ2) is 7.99. The van der Waals surface area contributed by atoms with Gasteiger partial charge in [-0.2, -0.15) is 0 Å². The van der Waals surface area contributed by atoms with E-state index in [1.54, 1.807) is 13.8 Å². The van der Waals surface area contributed by atoms with Crippen molar-refractivity contribution in [3.8, 4) is 0 Å². The Kier molecular flexibility index (Phi) is 5.66. The predicted octanol–water partition coefficient (Wildman–Crippen LogP) is 0.628. The summed E-state index contributed by atoms with van der Waals surface area (Å²) in [5.74, 6) is -2.47. The van der Waals surface area contributed by atoms with E-state index in [0.29, 0.717) is 12.8 Å². The number of hydrogen-bond donors (Lipinski definition) is 2. The largest absolute Gasteiger partial charge is 0.463 e. The standard InChI is InChI=1S/C18H24N4O6/c1-3-28-16(25)13-10(2)19-17(26)20-12(13)9-21-14(23)15(24)22(18(21)27)11-7-5-4-6-8-11/h10-11H,3-9H2,1-2H3,(H2,19,20,26). The van der Waals surface area contributed by atoms with E-state index < -0.39 is 35.9 Å². The highest BCUT2D eigenvalue weighted by Gasteiger charge is 2.48. The number of nitrogens with zero attached hydrogens (tertiary/aromatic N) is 2. The van der Waals surface area contributed by atoms with Gasteiger partial charge in [0.25, 0.3) is 0 Å². The molecule has 152 valence electrons. The fraction of sp³-hybridized carbons (Fsp3) is 0.611. The number of imide groups is 2. The van der Waals surface area contributed by atoms with Crippen LogP contribution in [0.25, 0.3) is 0 Å². The zero-order valence-electron chi connectivity index (χ0n) is 15.9. The van der Waals surface area contributed by atoms with Crippen molar-refractivity contribution in [2.24, 2.45) is 0 Å². The minimum absolute atomic E-state index is 0.0784. The molecule has 1 unspecified atom stereocenters. The van der Waals surface area contributed by atoms with Gasteiger partial charge in [-0.05, 0) is 26.7 Å². The molecule has 10 heteroatoms. The van der Waals surface area contributed by atoms with Crippen molar-refractivity contribution in [1.29, 1.82) is 0 Å². The third-order valence-corrected chi connectivity index (χ3v) is 5.21. The van der Waals surface area contributed by atoms with Crippen LogP contribution < -0.4 is 10.6 Å². The summed E-state index contributed by atoms with van der Waals surface area (Å²) in [4.78, 5) is 63.6. The van der Waals surface area contributed by atoms with Crippen molar-refractivity contribution in [2.75, 3.05) is 13.2 Å². The van der Waals surface area contributed by atoms with Gasteiger partial charge in [0, 0.05) is 6.04 Å². The number of hydrogen-bond acceptors (Lipinski definition) is 6. The van der Waals surface area contributed by atoms with Crippen molar-refractivity contribution < 1.29 is 28.7 Å². The third kappa shape index (κ3) is 3.58. The van der Waals surface area contributed by atoms with Gasteiger partial charge in [-0.1, -0.05) is 19.3 Å². The molecule has 0 spiro atoms. The molecule has 1 aliphatic carbocycles. The molecule has 2 aliphatic heterocycles. The Hall–Kier alpha value is -2.91. The quantitative estimate of drug-likeness (QED) is 0.402. The third-order valence-electron chi connectivity index (χ3n) is 5.21. The summed E-state index contributed by atoms with van der Waals surface area (Å²) < 4.78 is 5.02. The van der Waals surface area contributed by atoms with Gasteiger partial charge >= 0.3 is 29.8 Å². The fourth-order valence-corrected chi connectivity index (χ4v) is 3.89. The maximum absolute atomic E-state index is 12.8. The predicted molar refractivity (Wildman–Crippen MR) is 95.6 cm³/mol. The first-order valence-electron chi connectivity index (χ1n) is 9.51. The zero-order chi connectivity index (χ0) is 20.4. The van der Waals surface area contributed by atoms with E-state index in [4.69, 9.17) is 4.74 Å². The van der Waals surface area contributed by atoms with Gasteiger partial charge < -0.3 is 15.4 Å². The summed E-state index contributed by atoms with van der Waals surface area (Å²) in [7, 11) is 0. The van der Waals surface area contributed by atoms with Crippen molar-refractivity contribution in [3.63, 3.8) is 0 Å². The van der Waals surface area contributed by atoms with Crippen LogP contribution in [0.4, 0.5) is 9.59 Å². The van der Waals surface area contributed by atoms with Crippen LogP contribution in [0.3, 0.4) is 0 Å². The number of nitrogens with one attached hydrogen (secondary N) is 2. The van der Waals surface area contributed by atoms with Crippen molar-refractivity contribution in [3.05, 3.63) is 11.3 Å². The van der Waals surface area contributed by atoms with Crippen LogP contribution in [0.1, 0.15) is 46.0 Å². The second-order valence-electron chi connectivity index (χ2n) is 7.07. The highest BCUT2D eigenvalue weighted by atomic mass is 16.5. The molecule has 6 amide bonds. The first kappa shape index (κ1) is 19.8. The van der Waals surface area contributed by atoms with Crippen molar-refractivity contribution in [2.45, 2.75) is 58.0 Å². The Morgan fingerprint density at radius 1 is 1.11 bits per heavy atom. The van der Waals surface area contributed by atoms with Gasteiger partial charge in [0.1, 0.15) is 0 Å². The highest BCUT2D eigenvalue weighted by Crippen LogP contribution is 2.27. The van der Waals surface area contributed by atoms with Crippen LogP contribution in [0.15, 0.2) is 11.3 Å². The lowest BCUT2D eigenvalue weighted by Crippen LogP contribution is -2.52. The summed E-state index contributed by atoms with van der Waals surface area (Å²) in [6.45, 7) is 2.99. The van der Waals surface area contributed by atoms with E-state index in [1.807, 2.05) is 0 Å². The fourth-order valence-electron chi connectivity index (χ4n) is 3.89. The Morgan fingerprint density at radius 3 is 2.43 bits per heavy atom. The Labute approximate surface area is 162 Å². The molecular formula is C18H24N4O6. The first-order chi connectivity index (χ1) is 13.3. The molecule has 2 heterocycles. The van der Waals surface area contributed by atoms with E-state index in [-0.39, 0.29) is 30.5 Å². The van der Waals surface area contributed by atoms with Gasteiger partial charge in [-0.15, -0.1) is 0 Å². The lowest BCUT2D eigenvalue weighted by Gasteiger charge is -2.30. The van der Waals surface area contributed by atoms with Crippen LogP contribution in [-0.2, 0) is 19.1 Å². The minimum atomic E-state index is -0.952. The molecule has 2 fully saturated rings. The Bertz CT molecular complexity index is 755. The molecule has 2 N–H and O–H groups in total. The highest BCUT2D eigenvalue weighted by molar-refractivity contribution is 6.44. The molecule has 1 saturated carbocycles. The summed E-state index contributed by atoms with van der Waals surface area (Å²) in [6.07, 6.45) is 4.18. The topological polar surface area (TPSA) is 125 Å². The Balaban J connectivity index is 1.87. The SMILES string of the molecule is CCOC(=O)C1=C(CN2C(=O)C(=O)N(C3CCCCC3)C2=O)NC(=O)NC1C.